The predicted molar refractivity (Wildman–Crippen MR) is 71.2 cm³/mol. The number of nitrogens with zero attached hydrogens (tertiary/aromatic N) is 1. The van der Waals surface area contributed by atoms with Crippen LogP contribution in [0.4, 0.5) is 4.79 Å². The molecule has 7 heteroatoms. The fraction of sp³-hybridized carbons (Fsp3) is 0.769. The Balaban J connectivity index is 2.67. The van der Waals surface area contributed by atoms with E-state index in [-0.39, 0.29) is 6.42 Å². The van der Waals surface area contributed by atoms with E-state index < -0.39 is 30.1 Å². The first-order chi connectivity index (χ1) is 9.49. The summed E-state index contributed by atoms with van der Waals surface area (Å²) in [6.07, 6.45) is 2.68. The Morgan fingerprint density at radius 3 is 2.65 bits per heavy atom. The summed E-state index contributed by atoms with van der Waals surface area (Å²) in [5, 5.41) is 11.5. The summed E-state index contributed by atoms with van der Waals surface area (Å²) < 4.78 is 4.71. The normalized spacial score (nSPS) is 20.1. The lowest BCUT2D eigenvalue weighted by Gasteiger charge is -2.34. The van der Waals surface area contributed by atoms with Crippen molar-refractivity contribution in [2.45, 2.75) is 51.1 Å². The van der Waals surface area contributed by atoms with E-state index in [1.54, 1.807) is 0 Å². The third kappa shape index (κ3) is 4.40. The van der Waals surface area contributed by atoms with Crippen molar-refractivity contribution < 1.29 is 24.2 Å². The van der Waals surface area contributed by atoms with Gasteiger partial charge in [0.2, 0.25) is 0 Å². The monoisotopic (exact) mass is 286 g/mol. The van der Waals surface area contributed by atoms with Crippen LogP contribution in [0, 0.1) is 0 Å². The summed E-state index contributed by atoms with van der Waals surface area (Å²) in [4.78, 5) is 36.0. The largest absolute Gasteiger partial charge is 0.481 e. The molecule has 20 heavy (non-hydrogen) atoms. The van der Waals surface area contributed by atoms with Crippen LogP contribution in [-0.4, -0.2) is 53.7 Å². The molecule has 114 valence electrons. The van der Waals surface area contributed by atoms with Crippen LogP contribution >= 0.6 is 0 Å². The molecule has 2 atom stereocenters. The number of carbonyl (C=O) groups is 3. The molecule has 0 aliphatic carbocycles. The Bertz CT molecular complexity index is 372. The van der Waals surface area contributed by atoms with E-state index in [9.17, 15) is 14.4 Å². The number of ether oxygens (including phenoxy) is 1. The molecule has 0 radical (unpaired) electrons. The number of hydrogen-bond donors (Lipinski definition) is 2. The first-order valence-corrected chi connectivity index (χ1v) is 6.86. The number of hydrogen-bond acceptors (Lipinski definition) is 4. The zero-order valence-electron chi connectivity index (χ0n) is 11.9. The second-order valence-corrected chi connectivity index (χ2v) is 4.88. The Morgan fingerprint density at radius 1 is 1.40 bits per heavy atom. The van der Waals surface area contributed by atoms with Crippen molar-refractivity contribution in [3.63, 3.8) is 0 Å². The molecule has 7 nitrogen and oxygen atoms in total. The van der Waals surface area contributed by atoms with E-state index >= 15 is 0 Å². The minimum Gasteiger partial charge on any atom is -0.481 e. The number of piperidine rings is 1. The lowest BCUT2D eigenvalue weighted by molar-refractivity contribution is -0.147. The van der Waals surface area contributed by atoms with Crippen molar-refractivity contribution in [1.82, 2.24) is 10.2 Å². The van der Waals surface area contributed by atoms with E-state index in [0.717, 1.165) is 12.8 Å². The number of methoxy groups -OCH3 is 1. The maximum atomic E-state index is 12.2. The number of carboxylic acid groups (broad SMARTS) is 1. The highest BCUT2D eigenvalue weighted by Crippen LogP contribution is 2.18. The van der Waals surface area contributed by atoms with Crippen LogP contribution in [0.3, 0.4) is 0 Å². The molecule has 1 saturated heterocycles. The summed E-state index contributed by atoms with van der Waals surface area (Å²) >= 11 is 0. The van der Waals surface area contributed by atoms with Gasteiger partial charge in [0.15, 0.2) is 0 Å². The molecule has 2 unspecified atom stereocenters. The molecule has 1 aliphatic rings. The number of carbonyl (C=O) groups excluding carboxylic acids is 2. The van der Waals surface area contributed by atoms with Gasteiger partial charge in [-0.15, -0.1) is 0 Å². The zero-order chi connectivity index (χ0) is 15.1. The van der Waals surface area contributed by atoms with Gasteiger partial charge in [0.25, 0.3) is 0 Å². The number of likely N-dealkylation sites (tertiary alicyclic amines) is 1. The lowest BCUT2D eigenvalue weighted by Crippen LogP contribution is -2.54. The van der Waals surface area contributed by atoms with Crippen LogP contribution in [0.1, 0.15) is 39.0 Å². The van der Waals surface area contributed by atoms with Crippen molar-refractivity contribution in [2.75, 3.05) is 13.7 Å². The zero-order valence-corrected chi connectivity index (χ0v) is 11.9. The minimum atomic E-state index is -0.958. The number of rotatable bonds is 5. The standard InChI is InChI=1S/C13H22N2O5/c1-3-9(8-11(16)17)14-13(19)15-7-5-4-6-10(15)12(18)20-2/h9-10H,3-8H2,1-2H3,(H,14,19)(H,16,17). The van der Waals surface area contributed by atoms with Gasteiger partial charge in [-0.3, -0.25) is 4.79 Å². The van der Waals surface area contributed by atoms with Crippen LogP contribution in [0.15, 0.2) is 0 Å². The maximum Gasteiger partial charge on any atom is 0.328 e. The van der Waals surface area contributed by atoms with Crippen LogP contribution in [0.5, 0.6) is 0 Å². The summed E-state index contributed by atoms with van der Waals surface area (Å²) in [6, 6.07) is -1.40. The van der Waals surface area contributed by atoms with E-state index in [4.69, 9.17) is 9.84 Å². The van der Waals surface area contributed by atoms with Gasteiger partial charge < -0.3 is 20.1 Å². The number of amides is 2. The van der Waals surface area contributed by atoms with Crippen molar-refractivity contribution in [3.05, 3.63) is 0 Å². The molecule has 0 saturated carbocycles. The molecule has 0 bridgehead atoms. The Morgan fingerprint density at radius 2 is 2.10 bits per heavy atom. The highest BCUT2D eigenvalue weighted by molar-refractivity contribution is 5.84. The first-order valence-electron chi connectivity index (χ1n) is 6.86. The van der Waals surface area contributed by atoms with Crippen molar-refractivity contribution in [3.8, 4) is 0 Å². The maximum absolute atomic E-state index is 12.2. The smallest absolute Gasteiger partial charge is 0.328 e. The second-order valence-electron chi connectivity index (χ2n) is 4.88. The molecule has 1 aliphatic heterocycles. The molecule has 1 fully saturated rings. The number of esters is 1. The number of carboxylic acids is 1. The van der Waals surface area contributed by atoms with Crippen molar-refractivity contribution in [2.24, 2.45) is 0 Å². The van der Waals surface area contributed by atoms with Crippen molar-refractivity contribution in [1.29, 1.82) is 0 Å². The van der Waals surface area contributed by atoms with Crippen LogP contribution in [0.25, 0.3) is 0 Å². The van der Waals surface area contributed by atoms with Gasteiger partial charge in [-0.2, -0.15) is 0 Å². The first kappa shape index (κ1) is 16.3. The Labute approximate surface area is 118 Å². The van der Waals surface area contributed by atoms with E-state index in [1.807, 2.05) is 6.92 Å². The number of urea groups is 1. The highest BCUT2D eigenvalue weighted by Gasteiger charge is 2.33. The molecule has 2 amide bonds. The van der Waals surface area contributed by atoms with Gasteiger partial charge in [-0.25, -0.2) is 9.59 Å². The predicted octanol–water partition coefficient (Wildman–Crippen LogP) is 0.977. The third-order valence-electron chi connectivity index (χ3n) is 3.48. The summed E-state index contributed by atoms with van der Waals surface area (Å²) in [7, 11) is 1.30. The number of aliphatic carboxylic acids is 1. The summed E-state index contributed by atoms with van der Waals surface area (Å²) in [6.45, 7) is 2.29. The van der Waals surface area contributed by atoms with Gasteiger partial charge >= 0.3 is 18.0 Å². The molecule has 0 aromatic heterocycles. The molecule has 0 aromatic carbocycles. The quantitative estimate of drug-likeness (QED) is 0.734. The third-order valence-corrected chi connectivity index (χ3v) is 3.48. The van der Waals surface area contributed by atoms with E-state index in [2.05, 4.69) is 5.32 Å². The molecule has 0 aromatic rings. The average Bonchev–Trinajstić information content (AvgIpc) is 2.45. The molecule has 1 rings (SSSR count). The average molecular weight is 286 g/mol. The van der Waals surface area contributed by atoms with Crippen LogP contribution in [-0.2, 0) is 14.3 Å². The fourth-order valence-electron chi connectivity index (χ4n) is 2.32. The summed E-state index contributed by atoms with van der Waals surface area (Å²) in [5.74, 6) is -1.38. The number of nitrogens with one attached hydrogen (secondary N) is 1. The van der Waals surface area contributed by atoms with Gasteiger partial charge in [0, 0.05) is 12.6 Å². The van der Waals surface area contributed by atoms with E-state index in [1.165, 1.54) is 12.0 Å². The van der Waals surface area contributed by atoms with Gasteiger partial charge in [0.05, 0.1) is 13.5 Å². The van der Waals surface area contributed by atoms with Crippen LogP contribution < -0.4 is 5.32 Å². The lowest BCUT2D eigenvalue weighted by atomic mass is 10.0. The fourth-order valence-corrected chi connectivity index (χ4v) is 2.32. The Hall–Kier alpha value is -1.79. The van der Waals surface area contributed by atoms with Gasteiger partial charge in [0.1, 0.15) is 6.04 Å². The molecular formula is C13H22N2O5. The molecular weight excluding hydrogens is 264 g/mol. The minimum absolute atomic E-state index is 0.126. The van der Waals surface area contributed by atoms with Gasteiger partial charge in [-0.05, 0) is 25.7 Å². The van der Waals surface area contributed by atoms with E-state index in [0.29, 0.717) is 19.4 Å². The van der Waals surface area contributed by atoms with Gasteiger partial charge in [-0.1, -0.05) is 6.92 Å². The van der Waals surface area contributed by atoms with Crippen molar-refractivity contribution >= 4 is 18.0 Å². The molecule has 1 heterocycles. The van der Waals surface area contributed by atoms with Crippen LogP contribution in [0.2, 0.25) is 0 Å². The molecule has 0 spiro atoms. The molecule has 2 N–H and O–H groups in total. The summed E-state index contributed by atoms with van der Waals surface area (Å²) in [5.41, 5.74) is 0. The second kappa shape index (κ2) is 7.72. The highest BCUT2D eigenvalue weighted by atomic mass is 16.5. The topological polar surface area (TPSA) is 95.9 Å². The SMILES string of the molecule is CCC(CC(=O)O)NC(=O)N1CCCCC1C(=O)OC. The Kier molecular flexibility index (Phi) is 6.27.